The largest absolute Gasteiger partial charge is 0.314 e. The van der Waals surface area contributed by atoms with Gasteiger partial charge in [-0.1, -0.05) is 4.99 Å². The predicted molar refractivity (Wildman–Crippen MR) is 33.7 cm³/mol. The first-order valence-electron chi connectivity index (χ1n) is 2.45. The second-order valence-electron chi connectivity index (χ2n) is 1.46. The monoisotopic (exact) mass is 107 g/mol. The molecule has 0 unspecified atom stereocenters. The molecule has 1 rings (SSSR count). The standard InChI is InChI=1S/C6H7N2/c7-5-6-3-1-2-4-8-6/h1-3H,5,7H2/q+1. The minimum atomic E-state index is 0.497. The highest BCUT2D eigenvalue weighted by Crippen LogP contribution is 1.96. The summed E-state index contributed by atoms with van der Waals surface area (Å²) in [6, 6.07) is 0. The highest BCUT2D eigenvalue weighted by Gasteiger charge is 1.98. The highest BCUT2D eigenvalue weighted by atomic mass is 14.8. The van der Waals surface area contributed by atoms with Gasteiger partial charge in [0.15, 0.2) is 11.9 Å². The van der Waals surface area contributed by atoms with Crippen LogP contribution in [-0.4, -0.2) is 12.8 Å². The Bertz CT molecular complexity index is 154. The van der Waals surface area contributed by atoms with Crippen molar-refractivity contribution in [2.24, 2.45) is 10.7 Å². The zero-order valence-corrected chi connectivity index (χ0v) is 4.46. The third-order valence-electron chi connectivity index (χ3n) is 0.877. The Balaban J connectivity index is 2.68. The van der Waals surface area contributed by atoms with E-state index in [0.29, 0.717) is 6.54 Å². The van der Waals surface area contributed by atoms with E-state index in [4.69, 9.17) is 5.73 Å². The summed E-state index contributed by atoms with van der Waals surface area (Å²) in [6.45, 7) is 0.497. The first kappa shape index (κ1) is 5.16. The molecule has 0 amide bonds. The van der Waals surface area contributed by atoms with Crippen LogP contribution < -0.4 is 5.73 Å². The van der Waals surface area contributed by atoms with E-state index in [-0.39, 0.29) is 0 Å². The molecule has 0 aliphatic carbocycles. The topological polar surface area (TPSA) is 38.4 Å². The summed E-state index contributed by atoms with van der Waals surface area (Å²) >= 11 is 0. The van der Waals surface area contributed by atoms with Crippen LogP contribution in [0.25, 0.3) is 0 Å². The number of nitrogens with two attached hydrogens (primary N) is 1. The smallest absolute Gasteiger partial charge is 0.169 e. The van der Waals surface area contributed by atoms with Gasteiger partial charge >= 0.3 is 0 Å². The Morgan fingerprint density at radius 1 is 1.75 bits per heavy atom. The molecular weight excluding hydrogens is 100 g/mol. The van der Waals surface area contributed by atoms with Gasteiger partial charge in [-0.3, -0.25) is 0 Å². The van der Waals surface area contributed by atoms with Crippen LogP contribution in [-0.2, 0) is 0 Å². The van der Waals surface area contributed by atoms with E-state index in [1.54, 1.807) is 6.08 Å². The van der Waals surface area contributed by atoms with Gasteiger partial charge in [-0.25, -0.2) is 0 Å². The van der Waals surface area contributed by atoms with Crippen molar-refractivity contribution < 1.29 is 0 Å². The van der Waals surface area contributed by atoms with Gasteiger partial charge in [0.1, 0.15) is 6.08 Å². The summed E-state index contributed by atoms with van der Waals surface area (Å²) in [5, 5.41) is 0. The van der Waals surface area contributed by atoms with Gasteiger partial charge in [-0.2, -0.15) is 0 Å². The molecule has 8 heavy (non-hydrogen) atoms. The average Bonchev–Trinajstić information content (AvgIpc) is 1.90. The number of aliphatic imine (C=N–C) groups is 1. The van der Waals surface area contributed by atoms with Crippen molar-refractivity contribution in [2.45, 2.75) is 0 Å². The van der Waals surface area contributed by atoms with Gasteiger partial charge in [0.05, 0.1) is 18.7 Å². The fraction of sp³-hybridized carbons (Fsp3) is 0.167. The predicted octanol–water partition coefficient (Wildman–Crippen LogP) is 0.347. The van der Waals surface area contributed by atoms with Gasteiger partial charge in [-0.05, 0) is 0 Å². The third kappa shape index (κ3) is 0.997. The lowest BCUT2D eigenvalue weighted by molar-refractivity contribution is 1.11. The average molecular weight is 107 g/mol. The quantitative estimate of drug-likeness (QED) is 0.482. The molecule has 1 aliphatic rings. The van der Waals surface area contributed by atoms with Crippen LogP contribution in [0.3, 0.4) is 0 Å². The molecule has 40 valence electrons. The molecule has 0 aromatic carbocycles. The van der Waals surface area contributed by atoms with Crippen molar-refractivity contribution in [3.05, 3.63) is 23.9 Å². The van der Waals surface area contributed by atoms with Crippen LogP contribution in [0.1, 0.15) is 0 Å². The van der Waals surface area contributed by atoms with Crippen molar-refractivity contribution in [1.82, 2.24) is 0 Å². The maximum atomic E-state index is 5.27. The van der Waals surface area contributed by atoms with E-state index in [1.165, 1.54) is 0 Å². The number of hydrogen-bond acceptors (Lipinski definition) is 2. The Kier molecular flexibility index (Phi) is 1.52. The van der Waals surface area contributed by atoms with E-state index in [2.05, 4.69) is 11.2 Å². The minimum absolute atomic E-state index is 0.497. The summed E-state index contributed by atoms with van der Waals surface area (Å²) in [6.07, 6.45) is 8.17. The summed E-state index contributed by atoms with van der Waals surface area (Å²) in [7, 11) is 0. The molecule has 0 fully saturated rings. The van der Waals surface area contributed by atoms with Crippen molar-refractivity contribution in [3.63, 3.8) is 0 Å². The van der Waals surface area contributed by atoms with Crippen LogP contribution >= 0.6 is 0 Å². The van der Waals surface area contributed by atoms with Crippen molar-refractivity contribution in [2.75, 3.05) is 6.54 Å². The highest BCUT2D eigenvalue weighted by molar-refractivity contribution is 5.74. The van der Waals surface area contributed by atoms with E-state index in [0.717, 1.165) is 5.70 Å². The van der Waals surface area contributed by atoms with E-state index >= 15 is 0 Å². The lowest BCUT2D eigenvalue weighted by atomic mass is 10.3. The van der Waals surface area contributed by atoms with E-state index < -0.39 is 0 Å². The van der Waals surface area contributed by atoms with Crippen LogP contribution in [0.15, 0.2) is 28.9 Å². The summed E-state index contributed by atoms with van der Waals surface area (Å²) in [5.74, 6) is 0. The summed E-state index contributed by atoms with van der Waals surface area (Å²) < 4.78 is 0. The Morgan fingerprint density at radius 2 is 2.62 bits per heavy atom. The third-order valence-corrected chi connectivity index (χ3v) is 0.877. The zero-order valence-electron chi connectivity index (χ0n) is 4.46. The van der Waals surface area contributed by atoms with Crippen LogP contribution in [0.4, 0.5) is 0 Å². The number of allylic oxidation sites excluding steroid dienone is 3. The SMILES string of the molecule is NCC1=CC=C[C+]=N1. The molecule has 0 aromatic rings. The molecule has 1 heterocycles. The Hall–Kier alpha value is -0.980. The van der Waals surface area contributed by atoms with E-state index in [9.17, 15) is 0 Å². The first-order chi connectivity index (χ1) is 3.93. The second-order valence-corrected chi connectivity index (χ2v) is 1.46. The van der Waals surface area contributed by atoms with Crippen LogP contribution in [0.5, 0.6) is 0 Å². The maximum Gasteiger partial charge on any atom is 0.169 e. The van der Waals surface area contributed by atoms with Gasteiger partial charge in [0, 0.05) is 0 Å². The molecule has 0 saturated heterocycles. The van der Waals surface area contributed by atoms with Gasteiger partial charge in [-0.15, -0.1) is 0 Å². The van der Waals surface area contributed by atoms with Gasteiger partial charge in [0.2, 0.25) is 0 Å². The van der Waals surface area contributed by atoms with Crippen molar-refractivity contribution in [1.29, 1.82) is 0 Å². The normalized spacial score (nSPS) is 15.4. The molecular formula is C6H7N2+. The van der Waals surface area contributed by atoms with E-state index in [1.807, 2.05) is 12.2 Å². The molecule has 0 bridgehead atoms. The molecule has 0 atom stereocenters. The number of hydrogen-bond donors (Lipinski definition) is 1. The van der Waals surface area contributed by atoms with Crippen molar-refractivity contribution in [3.8, 4) is 0 Å². The molecule has 2 heteroatoms. The summed E-state index contributed by atoms with van der Waals surface area (Å²) in [4.78, 5) is 3.85. The lowest BCUT2D eigenvalue weighted by Gasteiger charge is -1.83. The van der Waals surface area contributed by atoms with Gasteiger partial charge < -0.3 is 5.73 Å². The second kappa shape index (κ2) is 2.36. The van der Waals surface area contributed by atoms with Crippen LogP contribution in [0.2, 0.25) is 0 Å². The number of rotatable bonds is 1. The molecule has 2 N–H and O–H groups in total. The zero-order chi connectivity index (χ0) is 5.82. The fourth-order valence-corrected chi connectivity index (χ4v) is 0.473. The van der Waals surface area contributed by atoms with Crippen LogP contribution in [0, 0.1) is 0 Å². The number of nitrogens with zero attached hydrogens (tertiary/aromatic N) is 1. The summed E-state index contributed by atoms with van der Waals surface area (Å²) in [5.41, 5.74) is 6.15. The Labute approximate surface area is 48.4 Å². The molecule has 0 spiro atoms. The lowest BCUT2D eigenvalue weighted by Crippen LogP contribution is -2.01. The Morgan fingerprint density at radius 3 is 3.00 bits per heavy atom. The maximum absolute atomic E-state index is 5.27. The van der Waals surface area contributed by atoms with Crippen molar-refractivity contribution >= 4 is 6.21 Å². The van der Waals surface area contributed by atoms with Gasteiger partial charge in [0.25, 0.3) is 0 Å². The molecule has 0 aromatic heterocycles. The fourth-order valence-electron chi connectivity index (χ4n) is 0.473. The minimum Gasteiger partial charge on any atom is -0.314 e. The molecule has 0 radical (unpaired) electrons. The molecule has 0 saturated carbocycles. The molecule has 2 nitrogen and oxygen atoms in total. The first-order valence-corrected chi connectivity index (χ1v) is 2.45. The molecule has 1 aliphatic heterocycles.